The summed E-state index contributed by atoms with van der Waals surface area (Å²) in [5.41, 5.74) is 9.43. The number of hydrogen-bond donors (Lipinski definition) is 3. The van der Waals surface area contributed by atoms with Crippen molar-refractivity contribution in [1.82, 2.24) is 20.3 Å². The molecule has 0 spiro atoms. The van der Waals surface area contributed by atoms with Gasteiger partial charge >= 0.3 is 0 Å². The molecule has 6 heteroatoms. The Hall–Kier alpha value is -2.89. The lowest BCUT2D eigenvalue weighted by Crippen LogP contribution is -2.23. The molecule has 21 heavy (non-hydrogen) atoms. The molecular formula is C15H15N5O. The van der Waals surface area contributed by atoms with Crippen molar-refractivity contribution in [3.05, 3.63) is 42.2 Å². The van der Waals surface area contributed by atoms with Crippen molar-refractivity contribution in [2.45, 2.75) is 6.92 Å². The van der Waals surface area contributed by atoms with E-state index in [1.165, 1.54) is 0 Å². The average Bonchev–Trinajstić information content (AvgIpc) is 2.87. The number of hydrogen-bond acceptors (Lipinski definition) is 4. The molecule has 0 aliphatic carbocycles. The highest BCUT2D eigenvalue weighted by atomic mass is 16.1. The van der Waals surface area contributed by atoms with Crippen LogP contribution < -0.4 is 11.1 Å². The van der Waals surface area contributed by atoms with Gasteiger partial charge < -0.3 is 16.0 Å². The largest absolute Gasteiger partial charge is 0.369 e. The molecule has 106 valence electrons. The number of pyridine rings is 1. The van der Waals surface area contributed by atoms with Gasteiger partial charge in [-0.1, -0.05) is 0 Å². The lowest BCUT2D eigenvalue weighted by Gasteiger charge is -2.07. The highest BCUT2D eigenvalue weighted by molar-refractivity contribution is 6.07. The van der Waals surface area contributed by atoms with Crippen LogP contribution in [0.5, 0.6) is 0 Å². The van der Waals surface area contributed by atoms with Gasteiger partial charge in [-0.05, 0) is 42.3 Å². The molecule has 0 aliphatic rings. The Morgan fingerprint density at radius 3 is 2.76 bits per heavy atom. The average molecular weight is 281 g/mol. The molecule has 3 aromatic rings. The molecule has 1 aromatic carbocycles. The number of aromatic nitrogens is 3. The maximum absolute atomic E-state index is 12.2. The van der Waals surface area contributed by atoms with Crippen LogP contribution in [0.3, 0.4) is 0 Å². The fraction of sp³-hybridized carbons (Fsp3) is 0.133. The number of nitrogen functional groups attached to an aromatic ring is 1. The quantitative estimate of drug-likeness (QED) is 0.683. The Morgan fingerprint density at radius 2 is 2.05 bits per heavy atom. The predicted molar refractivity (Wildman–Crippen MR) is 81.7 cm³/mol. The van der Waals surface area contributed by atoms with Gasteiger partial charge in [0.2, 0.25) is 0 Å². The van der Waals surface area contributed by atoms with Crippen molar-refractivity contribution in [3.63, 3.8) is 0 Å². The number of H-pyrrole nitrogens is 1. The summed E-state index contributed by atoms with van der Waals surface area (Å²) in [6.07, 6.45) is 3.43. The van der Waals surface area contributed by atoms with Crippen molar-refractivity contribution in [1.29, 1.82) is 0 Å². The van der Waals surface area contributed by atoms with Crippen LogP contribution in [0.2, 0.25) is 0 Å². The number of nitrogens with one attached hydrogen (secondary N) is 2. The number of nitrogens with two attached hydrogens (primary N) is 1. The monoisotopic (exact) mass is 281 g/mol. The zero-order valence-electron chi connectivity index (χ0n) is 11.6. The zero-order chi connectivity index (χ0) is 14.8. The number of carbonyl (C=O) groups excluding carboxylic acids is 1. The molecule has 2 heterocycles. The minimum atomic E-state index is -0.162. The van der Waals surface area contributed by atoms with Gasteiger partial charge in [-0.15, -0.1) is 0 Å². The van der Waals surface area contributed by atoms with Crippen LogP contribution in [0.1, 0.15) is 17.3 Å². The van der Waals surface area contributed by atoms with E-state index in [0.29, 0.717) is 23.6 Å². The Morgan fingerprint density at radius 1 is 1.29 bits per heavy atom. The van der Waals surface area contributed by atoms with Crippen molar-refractivity contribution >= 4 is 22.9 Å². The number of anilines is 1. The normalized spacial score (nSPS) is 10.7. The van der Waals surface area contributed by atoms with Crippen LogP contribution in [0.15, 0.2) is 36.7 Å². The van der Waals surface area contributed by atoms with Gasteiger partial charge in [0, 0.05) is 18.9 Å². The lowest BCUT2D eigenvalue weighted by atomic mass is 10.0. The highest BCUT2D eigenvalue weighted by Gasteiger charge is 2.15. The standard InChI is InChI=1S/C15H15N5O/c1-2-18-14(21)11-7-10(9-3-5-17-6-4-9)8-12-13(11)20-15(16)19-12/h3-8H,2H2,1H3,(H,18,21)(H3,16,19,20). The topological polar surface area (TPSA) is 96.7 Å². The molecule has 4 N–H and O–H groups in total. The molecule has 0 radical (unpaired) electrons. The van der Waals surface area contributed by atoms with Gasteiger partial charge in [0.1, 0.15) is 5.52 Å². The Kier molecular flexibility index (Phi) is 3.27. The first kappa shape index (κ1) is 13.1. The molecule has 0 aliphatic heterocycles. The van der Waals surface area contributed by atoms with Crippen LogP contribution in [0.25, 0.3) is 22.2 Å². The molecule has 0 fully saturated rings. The van der Waals surface area contributed by atoms with E-state index in [4.69, 9.17) is 5.73 Å². The first-order chi connectivity index (χ1) is 10.2. The molecule has 0 saturated heterocycles. The van der Waals surface area contributed by atoms with E-state index in [-0.39, 0.29) is 5.91 Å². The fourth-order valence-corrected chi connectivity index (χ4v) is 2.28. The van der Waals surface area contributed by atoms with Crippen molar-refractivity contribution in [2.24, 2.45) is 0 Å². The van der Waals surface area contributed by atoms with E-state index in [1.54, 1.807) is 12.4 Å². The van der Waals surface area contributed by atoms with E-state index in [0.717, 1.165) is 16.6 Å². The molecule has 2 aromatic heterocycles. The summed E-state index contributed by atoms with van der Waals surface area (Å²) in [5.74, 6) is 0.132. The molecule has 6 nitrogen and oxygen atoms in total. The zero-order valence-corrected chi connectivity index (χ0v) is 11.6. The second-order valence-corrected chi connectivity index (χ2v) is 4.64. The van der Waals surface area contributed by atoms with Crippen molar-refractivity contribution in [3.8, 4) is 11.1 Å². The third-order valence-corrected chi connectivity index (χ3v) is 3.20. The summed E-state index contributed by atoms with van der Waals surface area (Å²) >= 11 is 0. The number of rotatable bonds is 3. The van der Waals surface area contributed by atoms with Gasteiger partial charge in [-0.2, -0.15) is 0 Å². The predicted octanol–water partition coefficient (Wildman–Crippen LogP) is 1.96. The summed E-state index contributed by atoms with van der Waals surface area (Å²) in [4.78, 5) is 23.4. The summed E-state index contributed by atoms with van der Waals surface area (Å²) < 4.78 is 0. The lowest BCUT2D eigenvalue weighted by molar-refractivity contribution is 0.0957. The minimum absolute atomic E-state index is 0.162. The van der Waals surface area contributed by atoms with Gasteiger partial charge in [0.25, 0.3) is 5.91 Å². The van der Waals surface area contributed by atoms with E-state index >= 15 is 0 Å². The Bertz CT molecular complexity index is 794. The van der Waals surface area contributed by atoms with E-state index in [9.17, 15) is 4.79 Å². The number of aromatic amines is 1. The summed E-state index contributed by atoms with van der Waals surface area (Å²) in [5, 5.41) is 2.80. The minimum Gasteiger partial charge on any atom is -0.369 e. The third kappa shape index (κ3) is 2.43. The third-order valence-electron chi connectivity index (χ3n) is 3.20. The Balaban J connectivity index is 2.21. The molecule has 1 amide bonds. The van der Waals surface area contributed by atoms with Crippen LogP contribution in [0, 0.1) is 0 Å². The van der Waals surface area contributed by atoms with Gasteiger partial charge in [0.15, 0.2) is 5.95 Å². The molecular weight excluding hydrogens is 266 g/mol. The van der Waals surface area contributed by atoms with Crippen LogP contribution in [-0.2, 0) is 0 Å². The SMILES string of the molecule is CCNC(=O)c1cc(-c2ccncc2)cc2[nH]c(N)nc12. The second kappa shape index (κ2) is 5.24. The maximum atomic E-state index is 12.2. The fourth-order valence-electron chi connectivity index (χ4n) is 2.28. The molecule has 0 saturated carbocycles. The summed E-state index contributed by atoms with van der Waals surface area (Å²) in [6.45, 7) is 2.43. The van der Waals surface area contributed by atoms with Crippen molar-refractivity contribution < 1.29 is 4.79 Å². The summed E-state index contributed by atoms with van der Waals surface area (Å²) in [7, 11) is 0. The maximum Gasteiger partial charge on any atom is 0.253 e. The summed E-state index contributed by atoms with van der Waals surface area (Å²) in [6, 6.07) is 7.53. The number of amides is 1. The van der Waals surface area contributed by atoms with Crippen LogP contribution >= 0.6 is 0 Å². The molecule has 0 atom stereocenters. The highest BCUT2D eigenvalue weighted by Crippen LogP contribution is 2.26. The van der Waals surface area contributed by atoms with Gasteiger partial charge in [-0.25, -0.2) is 4.98 Å². The van der Waals surface area contributed by atoms with Crippen LogP contribution in [-0.4, -0.2) is 27.4 Å². The number of benzene rings is 1. The molecule has 3 rings (SSSR count). The second-order valence-electron chi connectivity index (χ2n) is 4.64. The smallest absolute Gasteiger partial charge is 0.253 e. The Labute approximate surface area is 121 Å². The van der Waals surface area contributed by atoms with E-state index in [1.807, 2.05) is 31.2 Å². The van der Waals surface area contributed by atoms with E-state index in [2.05, 4.69) is 20.3 Å². The van der Waals surface area contributed by atoms with Crippen LogP contribution in [0.4, 0.5) is 5.95 Å². The van der Waals surface area contributed by atoms with Gasteiger partial charge in [0.05, 0.1) is 11.1 Å². The van der Waals surface area contributed by atoms with Gasteiger partial charge in [-0.3, -0.25) is 9.78 Å². The van der Waals surface area contributed by atoms with Crippen molar-refractivity contribution in [2.75, 3.05) is 12.3 Å². The number of carbonyl (C=O) groups is 1. The number of nitrogens with zero attached hydrogens (tertiary/aromatic N) is 2. The molecule has 0 unspecified atom stereocenters. The molecule has 0 bridgehead atoms. The van der Waals surface area contributed by atoms with E-state index < -0.39 is 0 Å². The number of imidazole rings is 1. The first-order valence-corrected chi connectivity index (χ1v) is 6.67. The first-order valence-electron chi connectivity index (χ1n) is 6.67. The number of fused-ring (bicyclic) bond motifs is 1.